The van der Waals surface area contributed by atoms with Gasteiger partial charge in [-0.3, -0.25) is 0 Å². The maximum absolute atomic E-state index is 2.35. The van der Waals surface area contributed by atoms with Crippen molar-refractivity contribution in [3.63, 3.8) is 0 Å². The van der Waals surface area contributed by atoms with E-state index in [0.717, 1.165) is 0 Å². The maximum Gasteiger partial charge on any atom is 0.0163 e. The van der Waals surface area contributed by atoms with Crippen molar-refractivity contribution in [1.29, 1.82) is 0 Å². The van der Waals surface area contributed by atoms with Crippen LogP contribution in [0.1, 0.15) is 26.7 Å². The average molecular weight is 278 g/mol. The molecule has 15 heavy (non-hydrogen) atoms. The molecule has 0 aromatic heterocycles. The molecule has 0 bridgehead atoms. The van der Waals surface area contributed by atoms with E-state index >= 15 is 0 Å². The van der Waals surface area contributed by atoms with E-state index in [0.29, 0.717) is 0 Å². The van der Waals surface area contributed by atoms with Crippen LogP contribution in [-0.2, 0) is 17.1 Å². The minimum absolute atomic E-state index is 0. The van der Waals surface area contributed by atoms with E-state index in [-0.39, 0.29) is 17.1 Å². The Balaban J connectivity index is 0.000000280. The average Bonchev–Trinajstić information content (AvgIpc) is 2.91. The van der Waals surface area contributed by atoms with Crippen LogP contribution in [-0.4, -0.2) is 0 Å². The molecule has 0 spiro atoms. The fourth-order valence-electron chi connectivity index (χ4n) is 1.22. The first-order valence-corrected chi connectivity index (χ1v) is 7.57. The van der Waals surface area contributed by atoms with Gasteiger partial charge in [0, 0.05) is 28.9 Å². The molecule has 2 fully saturated rings. The molecule has 1 saturated carbocycles. The van der Waals surface area contributed by atoms with E-state index in [9.17, 15) is 0 Å². The molecule has 2 aliphatic rings. The van der Waals surface area contributed by atoms with Gasteiger partial charge in [-0.05, 0) is 67.4 Å². The summed E-state index contributed by atoms with van der Waals surface area (Å²) in [7, 11) is 3.01. The Labute approximate surface area is 110 Å². The van der Waals surface area contributed by atoms with Gasteiger partial charge in [0.25, 0.3) is 0 Å². The van der Waals surface area contributed by atoms with Crippen molar-refractivity contribution in [2.24, 2.45) is 0 Å². The van der Waals surface area contributed by atoms with E-state index in [1.165, 1.54) is 29.4 Å². The third-order valence-corrected chi connectivity index (χ3v) is 4.84. The molecule has 1 saturated heterocycles. The topological polar surface area (TPSA) is 0 Å². The third-order valence-electron chi connectivity index (χ3n) is 2.03. The number of rotatable bonds is 2. The SMILES string of the molecule is CC[C]1[CH][P][P][C]1CC.[CH]1[CH][CH][CH][CH]1.[Fe]. The second kappa shape index (κ2) is 10.5. The maximum atomic E-state index is 2.35. The van der Waals surface area contributed by atoms with Gasteiger partial charge in [-0.15, -0.1) is 0 Å². The smallest absolute Gasteiger partial charge is 0.0163 e. The van der Waals surface area contributed by atoms with E-state index < -0.39 is 0 Å². The van der Waals surface area contributed by atoms with Gasteiger partial charge in [-0.1, -0.05) is 13.8 Å². The molecule has 0 amide bonds. The van der Waals surface area contributed by atoms with Crippen molar-refractivity contribution >= 4 is 16.5 Å². The van der Waals surface area contributed by atoms with Crippen molar-refractivity contribution in [2.45, 2.75) is 26.7 Å². The van der Waals surface area contributed by atoms with Gasteiger partial charge in [0.05, 0.1) is 0 Å². The monoisotopic (exact) mass is 278 g/mol. The molecular formula is C12H16FeP2. The standard InChI is InChI=1S/C7H11P2.C5H5.Fe/c1-3-6-5-8-9-7(6)4-2;1-2-4-5-3-1;/h5H,3-4H2,1-2H3;1-5H;. The first kappa shape index (κ1) is 16.4. The van der Waals surface area contributed by atoms with Crippen molar-refractivity contribution in [3.05, 3.63) is 49.8 Å². The zero-order chi connectivity index (χ0) is 10.2. The summed E-state index contributed by atoms with van der Waals surface area (Å²) in [5, 5.41) is 0. The van der Waals surface area contributed by atoms with Gasteiger partial charge in [-0.25, -0.2) is 0 Å². The Morgan fingerprint density at radius 3 is 1.80 bits per heavy atom. The van der Waals surface area contributed by atoms with Crippen LogP contribution in [0, 0.1) is 49.8 Å². The zero-order valence-corrected chi connectivity index (χ0v) is 12.0. The van der Waals surface area contributed by atoms with Crippen molar-refractivity contribution in [3.8, 4) is 0 Å². The van der Waals surface area contributed by atoms with Crippen molar-refractivity contribution in [2.75, 3.05) is 0 Å². The molecule has 3 heteroatoms. The van der Waals surface area contributed by atoms with Crippen molar-refractivity contribution in [1.82, 2.24) is 0 Å². The van der Waals surface area contributed by atoms with Gasteiger partial charge in [0.1, 0.15) is 0 Å². The summed E-state index contributed by atoms with van der Waals surface area (Å²) in [6, 6.07) is 0. The summed E-state index contributed by atoms with van der Waals surface area (Å²) in [6.45, 7) is 4.48. The van der Waals surface area contributed by atoms with Crippen LogP contribution in [0.2, 0.25) is 0 Å². The fourth-order valence-corrected chi connectivity index (χ4v) is 4.31. The quantitative estimate of drug-likeness (QED) is 0.497. The van der Waals surface area contributed by atoms with Crippen LogP contribution in [0.4, 0.5) is 0 Å². The molecule has 0 N–H and O–H groups in total. The van der Waals surface area contributed by atoms with Crippen LogP contribution in [0.5, 0.6) is 0 Å². The molecular weight excluding hydrogens is 262 g/mol. The molecule has 0 atom stereocenters. The second-order valence-corrected chi connectivity index (χ2v) is 5.51. The third kappa shape index (κ3) is 6.63. The minimum atomic E-state index is 0. The van der Waals surface area contributed by atoms with Crippen LogP contribution >= 0.6 is 16.5 Å². The van der Waals surface area contributed by atoms with Crippen LogP contribution < -0.4 is 0 Å². The molecule has 2 rings (SSSR count). The Morgan fingerprint density at radius 1 is 0.933 bits per heavy atom. The Hall–Kier alpha value is 1.38. The van der Waals surface area contributed by atoms with E-state index in [1.807, 2.05) is 32.1 Å². The van der Waals surface area contributed by atoms with Gasteiger partial charge >= 0.3 is 0 Å². The van der Waals surface area contributed by atoms with Gasteiger partial charge in [-0.2, -0.15) is 0 Å². The van der Waals surface area contributed by atoms with Gasteiger partial charge < -0.3 is 0 Å². The molecule has 1 aliphatic heterocycles. The summed E-state index contributed by atoms with van der Waals surface area (Å²) < 4.78 is 0. The van der Waals surface area contributed by atoms with Gasteiger partial charge in [0.2, 0.25) is 0 Å². The van der Waals surface area contributed by atoms with E-state index in [2.05, 4.69) is 20.0 Å². The largest absolute Gasteiger partial charge is 0.0648 e. The fraction of sp³-hybridized carbons (Fsp3) is 0.333. The Kier molecular flexibility index (Phi) is 11.5. The minimum Gasteiger partial charge on any atom is -0.0648 e. The molecule has 0 aromatic carbocycles. The molecule has 82 valence electrons. The summed E-state index contributed by atoms with van der Waals surface area (Å²) in [5.74, 6) is 1.60. The summed E-state index contributed by atoms with van der Waals surface area (Å²) in [6.07, 6.45) is 14.8. The summed E-state index contributed by atoms with van der Waals surface area (Å²) in [4.78, 5) is 0. The molecule has 0 unspecified atom stereocenters. The summed E-state index contributed by atoms with van der Waals surface area (Å²) >= 11 is 0. The Morgan fingerprint density at radius 2 is 1.47 bits per heavy atom. The zero-order valence-electron chi connectivity index (χ0n) is 9.13. The second-order valence-electron chi connectivity index (χ2n) is 2.99. The van der Waals surface area contributed by atoms with Crippen LogP contribution in [0.3, 0.4) is 0 Å². The van der Waals surface area contributed by atoms with E-state index in [1.54, 1.807) is 11.6 Å². The first-order valence-electron chi connectivity index (χ1n) is 5.01. The van der Waals surface area contributed by atoms with E-state index in [4.69, 9.17) is 0 Å². The molecule has 10 radical (unpaired) electrons. The van der Waals surface area contributed by atoms with Crippen LogP contribution in [0.25, 0.3) is 0 Å². The predicted octanol–water partition coefficient (Wildman–Crippen LogP) is 4.91. The van der Waals surface area contributed by atoms with Crippen molar-refractivity contribution < 1.29 is 17.1 Å². The Bertz CT molecular complexity index is 120. The molecule has 1 heterocycles. The summed E-state index contributed by atoms with van der Waals surface area (Å²) in [5.41, 5.74) is 1.65. The first-order chi connectivity index (χ1) is 6.88. The van der Waals surface area contributed by atoms with Gasteiger partial charge in [0.15, 0.2) is 0 Å². The molecule has 0 nitrogen and oxygen atoms in total. The van der Waals surface area contributed by atoms with Crippen LogP contribution in [0.15, 0.2) is 0 Å². The number of hydrogen-bond acceptors (Lipinski definition) is 0. The predicted molar refractivity (Wildman–Crippen MR) is 66.7 cm³/mol. The molecule has 1 aliphatic carbocycles. The molecule has 0 aromatic rings. The normalized spacial score (nSPS) is 25.2. The number of hydrogen-bond donors (Lipinski definition) is 0.